The molecule has 1 aliphatic rings. The summed E-state index contributed by atoms with van der Waals surface area (Å²) in [5, 5.41) is 1.14. The van der Waals surface area contributed by atoms with Gasteiger partial charge in [-0.05, 0) is 30.9 Å². The van der Waals surface area contributed by atoms with Crippen molar-refractivity contribution < 1.29 is 4.79 Å². The van der Waals surface area contributed by atoms with E-state index in [4.69, 9.17) is 5.73 Å². The van der Waals surface area contributed by atoms with E-state index in [2.05, 4.69) is 26.7 Å². The second-order valence-electron chi connectivity index (χ2n) is 6.81. The highest BCUT2D eigenvalue weighted by atomic mass is 16.2. The summed E-state index contributed by atoms with van der Waals surface area (Å²) >= 11 is 0. The molecule has 0 bridgehead atoms. The molecule has 1 aliphatic heterocycles. The Balaban J connectivity index is 1.51. The van der Waals surface area contributed by atoms with Crippen LogP contribution < -0.4 is 11.3 Å². The van der Waals surface area contributed by atoms with E-state index in [1.807, 2.05) is 30.0 Å². The van der Waals surface area contributed by atoms with Gasteiger partial charge < -0.3 is 15.2 Å². The number of carbonyl (C=O) groups is 1. The van der Waals surface area contributed by atoms with E-state index in [0.717, 1.165) is 23.0 Å². The van der Waals surface area contributed by atoms with Gasteiger partial charge >= 0.3 is 0 Å². The first-order valence-electron chi connectivity index (χ1n) is 8.70. The van der Waals surface area contributed by atoms with Crippen LogP contribution in [0.2, 0.25) is 0 Å². The standard InChI is InChI=1S/C19H21N5O2/c1-12-8-13-4-2-3-5-16(13)24(12)11-18(26)23-7-6-14(10-23)15-9-17(25)22-19(20)21-15/h2-5,8-9,14H,6-7,10-11H2,1H3,(H3,20,21,22,25). The number of H-pyrrole nitrogens is 1. The number of amides is 1. The number of nitrogens with one attached hydrogen (secondary N) is 1. The van der Waals surface area contributed by atoms with Crippen LogP contribution in [0.1, 0.15) is 23.7 Å². The van der Waals surface area contributed by atoms with Gasteiger partial charge in [0, 0.05) is 36.3 Å². The summed E-state index contributed by atoms with van der Waals surface area (Å²) < 4.78 is 2.05. The molecule has 134 valence electrons. The number of fused-ring (bicyclic) bond motifs is 1. The van der Waals surface area contributed by atoms with Crippen molar-refractivity contribution in [2.24, 2.45) is 0 Å². The molecule has 1 unspecified atom stereocenters. The number of carbonyl (C=O) groups excluding carboxylic acids is 1. The zero-order chi connectivity index (χ0) is 18.3. The lowest BCUT2D eigenvalue weighted by Gasteiger charge is -2.18. The Hall–Kier alpha value is -3.09. The van der Waals surface area contributed by atoms with E-state index >= 15 is 0 Å². The number of aromatic amines is 1. The number of aromatic nitrogens is 3. The van der Waals surface area contributed by atoms with Gasteiger partial charge in [-0.2, -0.15) is 0 Å². The summed E-state index contributed by atoms with van der Waals surface area (Å²) in [5.74, 6) is 0.243. The van der Waals surface area contributed by atoms with Crippen LogP contribution in [-0.4, -0.2) is 38.4 Å². The molecule has 0 saturated carbocycles. The van der Waals surface area contributed by atoms with Gasteiger partial charge in [0.2, 0.25) is 11.9 Å². The molecule has 1 fully saturated rings. The minimum Gasteiger partial charge on any atom is -0.369 e. The molecule has 7 nitrogen and oxygen atoms in total. The van der Waals surface area contributed by atoms with Crippen LogP contribution in [0.3, 0.4) is 0 Å². The SMILES string of the molecule is Cc1cc2ccccc2n1CC(=O)N1CCC(c2cc(=O)[nH]c(N)n2)C1. The molecule has 1 saturated heterocycles. The Morgan fingerprint density at radius 1 is 1.35 bits per heavy atom. The van der Waals surface area contributed by atoms with E-state index in [9.17, 15) is 9.59 Å². The molecule has 0 spiro atoms. The van der Waals surface area contributed by atoms with Crippen LogP contribution in [-0.2, 0) is 11.3 Å². The second kappa shape index (κ2) is 6.33. The maximum Gasteiger partial charge on any atom is 0.252 e. The van der Waals surface area contributed by atoms with Gasteiger partial charge in [0.1, 0.15) is 6.54 Å². The smallest absolute Gasteiger partial charge is 0.252 e. The number of hydrogen-bond donors (Lipinski definition) is 2. The van der Waals surface area contributed by atoms with E-state index in [1.165, 1.54) is 6.07 Å². The third-order valence-electron chi connectivity index (χ3n) is 5.05. The summed E-state index contributed by atoms with van der Waals surface area (Å²) in [6.07, 6.45) is 0.785. The zero-order valence-corrected chi connectivity index (χ0v) is 14.6. The lowest BCUT2D eigenvalue weighted by Crippen LogP contribution is -2.32. The fraction of sp³-hybridized carbons (Fsp3) is 0.316. The van der Waals surface area contributed by atoms with Crippen LogP contribution in [0.5, 0.6) is 0 Å². The molecule has 3 N–H and O–H groups in total. The van der Waals surface area contributed by atoms with Crippen molar-refractivity contribution in [3.63, 3.8) is 0 Å². The van der Waals surface area contributed by atoms with Gasteiger partial charge in [-0.15, -0.1) is 0 Å². The normalized spacial score (nSPS) is 17.1. The number of aryl methyl sites for hydroxylation is 1. The fourth-order valence-electron chi connectivity index (χ4n) is 3.73. The van der Waals surface area contributed by atoms with E-state index < -0.39 is 0 Å². The molecular weight excluding hydrogens is 330 g/mol. The topological polar surface area (TPSA) is 97.0 Å². The Kier molecular flexibility index (Phi) is 3.99. The van der Waals surface area contributed by atoms with Crippen molar-refractivity contribution >= 4 is 22.8 Å². The van der Waals surface area contributed by atoms with Crippen molar-refractivity contribution in [1.29, 1.82) is 0 Å². The molecule has 3 aromatic rings. The third kappa shape index (κ3) is 2.96. The van der Waals surface area contributed by atoms with Crippen LogP contribution in [0.15, 0.2) is 41.2 Å². The molecule has 26 heavy (non-hydrogen) atoms. The molecule has 0 aliphatic carbocycles. The van der Waals surface area contributed by atoms with E-state index in [1.54, 1.807) is 0 Å². The molecule has 4 rings (SSSR count). The largest absolute Gasteiger partial charge is 0.369 e. The summed E-state index contributed by atoms with van der Waals surface area (Å²) in [6, 6.07) is 11.6. The average molecular weight is 351 g/mol. The van der Waals surface area contributed by atoms with Crippen molar-refractivity contribution in [2.45, 2.75) is 25.8 Å². The Bertz CT molecular complexity index is 1040. The summed E-state index contributed by atoms with van der Waals surface area (Å²) in [6.45, 7) is 3.56. The Labute approximate surface area is 150 Å². The Morgan fingerprint density at radius 2 is 2.15 bits per heavy atom. The lowest BCUT2D eigenvalue weighted by molar-refractivity contribution is -0.130. The van der Waals surface area contributed by atoms with Gasteiger partial charge in [0.25, 0.3) is 5.56 Å². The molecule has 1 amide bonds. The highest BCUT2D eigenvalue weighted by Gasteiger charge is 2.29. The van der Waals surface area contributed by atoms with Crippen molar-refractivity contribution in [3.05, 3.63) is 58.1 Å². The number of rotatable bonds is 3. The molecule has 0 radical (unpaired) electrons. The monoisotopic (exact) mass is 351 g/mol. The predicted molar refractivity (Wildman–Crippen MR) is 99.9 cm³/mol. The summed E-state index contributed by atoms with van der Waals surface area (Å²) in [7, 11) is 0. The molecule has 3 heterocycles. The molecular formula is C19H21N5O2. The summed E-state index contributed by atoms with van der Waals surface area (Å²) in [5.41, 5.74) is 8.17. The predicted octanol–water partition coefficient (Wildman–Crippen LogP) is 1.63. The quantitative estimate of drug-likeness (QED) is 0.749. The van der Waals surface area contributed by atoms with Gasteiger partial charge in [-0.25, -0.2) is 4.98 Å². The van der Waals surface area contributed by atoms with Gasteiger partial charge in [-0.3, -0.25) is 14.6 Å². The van der Waals surface area contributed by atoms with Gasteiger partial charge in [-0.1, -0.05) is 18.2 Å². The first kappa shape index (κ1) is 16.4. The highest BCUT2D eigenvalue weighted by molar-refractivity contribution is 5.84. The summed E-state index contributed by atoms with van der Waals surface area (Å²) in [4.78, 5) is 32.9. The molecule has 1 atom stereocenters. The van der Waals surface area contributed by atoms with Crippen LogP contribution in [0.4, 0.5) is 5.95 Å². The van der Waals surface area contributed by atoms with Crippen molar-refractivity contribution in [3.8, 4) is 0 Å². The number of para-hydroxylation sites is 1. The number of likely N-dealkylation sites (tertiary alicyclic amines) is 1. The first-order chi connectivity index (χ1) is 12.5. The van der Waals surface area contributed by atoms with Crippen LogP contribution >= 0.6 is 0 Å². The number of nitrogen functional groups attached to an aromatic ring is 1. The number of nitrogens with two attached hydrogens (primary N) is 1. The second-order valence-corrected chi connectivity index (χ2v) is 6.81. The van der Waals surface area contributed by atoms with Crippen molar-refractivity contribution in [2.75, 3.05) is 18.8 Å². The average Bonchev–Trinajstić information content (AvgIpc) is 3.20. The minimum absolute atomic E-state index is 0.0473. The number of nitrogens with zero attached hydrogens (tertiary/aromatic N) is 3. The van der Waals surface area contributed by atoms with Crippen molar-refractivity contribution in [1.82, 2.24) is 19.4 Å². The Morgan fingerprint density at radius 3 is 2.96 bits per heavy atom. The molecule has 7 heteroatoms. The van der Waals surface area contributed by atoms with Gasteiger partial charge in [0.05, 0.1) is 5.69 Å². The van der Waals surface area contributed by atoms with E-state index in [-0.39, 0.29) is 23.3 Å². The third-order valence-corrected chi connectivity index (χ3v) is 5.05. The highest BCUT2D eigenvalue weighted by Crippen LogP contribution is 2.26. The minimum atomic E-state index is -0.258. The van der Waals surface area contributed by atoms with Crippen LogP contribution in [0, 0.1) is 6.92 Å². The van der Waals surface area contributed by atoms with Crippen LogP contribution in [0.25, 0.3) is 10.9 Å². The first-order valence-corrected chi connectivity index (χ1v) is 8.70. The fourth-order valence-corrected chi connectivity index (χ4v) is 3.73. The number of hydrogen-bond acceptors (Lipinski definition) is 4. The zero-order valence-electron chi connectivity index (χ0n) is 14.6. The lowest BCUT2D eigenvalue weighted by atomic mass is 10.1. The maximum absolute atomic E-state index is 12.8. The molecule has 1 aromatic carbocycles. The number of benzene rings is 1. The van der Waals surface area contributed by atoms with Gasteiger partial charge in [0.15, 0.2) is 0 Å². The van der Waals surface area contributed by atoms with E-state index in [0.29, 0.717) is 25.3 Å². The maximum atomic E-state index is 12.8. The molecule has 2 aromatic heterocycles. The number of anilines is 1.